The zero-order valence-corrected chi connectivity index (χ0v) is 9.38. The number of nitrogens with two attached hydrogens (primary N) is 2. The van der Waals surface area contributed by atoms with Gasteiger partial charge in [0, 0.05) is 13.1 Å². The molecular formula is C3H14N2O8P2. The molecule has 0 amide bonds. The fourth-order valence-corrected chi connectivity index (χ4v) is 0.624. The number of phosphoric ester groups is 2. The lowest BCUT2D eigenvalue weighted by molar-refractivity contribution is 0.0582. The van der Waals surface area contributed by atoms with Crippen LogP contribution in [0.25, 0.3) is 0 Å². The molecule has 0 rings (SSSR count). The maximum absolute atomic E-state index is 9.86. The second-order valence-electron chi connectivity index (χ2n) is 1.93. The Bertz CT molecular complexity index is 210. The fraction of sp³-hybridized carbons (Fsp3) is 1.00. The largest absolute Gasteiger partial charge is 0.471 e. The van der Waals surface area contributed by atoms with Crippen LogP contribution in [0.4, 0.5) is 0 Å². The van der Waals surface area contributed by atoms with E-state index >= 15 is 0 Å². The molecule has 0 aliphatic carbocycles. The molecule has 0 aromatic rings. The van der Waals surface area contributed by atoms with Gasteiger partial charge in [0.15, 0.2) is 6.79 Å². The van der Waals surface area contributed by atoms with Gasteiger partial charge in [-0.15, -0.1) is 0 Å². The van der Waals surface area contributed by atoms with Crippen molar-refractivity contribution in [2.75, 3.05) is 19.9 Å². The Balaban J connectivity index is 0. The van der Waals surface area contributed by atoms with Crippen molar-refractivity contribution in [1.29, 1.82) is 0 Å². The van der Waals surface area contributed by atoms with E-state index < -0.39 is 22.4 Å². The molecule has 0 aliphatic heterocycles. The van der Waals surface area contributed by atoms with E-state index in [2.05, 4.69) is 9.05 Å². The molecule has 0 fully saturated rings. The summed E-state index contributed by atoms with van der Waals surface area (Å²) in [5.74, 6) is 0. The van der Waals surface area contributed by atoms with Gasteiger partial charge < -0.3 is 31.0 Å². The van der Waals surface area contributed by atoms with E-state index in [0.29, 0.717) is 13.1 Å². The molecule has 0 aromatic heterocycles. The third-order valence-electron chi connectivity index (χ3n) is 0.608. The van der Waals surface area contributed by atoms with Crippen LogP contribution in [0, 0.1) is 0 Å². The highest BCUT2D eigenvalue weighted by atomic mass is 31.2. The molecular weight excluding hydrogens is 254 g/mol. The predicted octanol–water partition coefficient (Wildman–Crippen LogP) is -1.93. The van der Waals surface area contributed by atoms with Crippen LogP contribution >= 0.6 is 15.6 Å². The van der Waals surface area contributed by atoms with Gasteiger partial charge >= 0.3 is 15.6 Å². The van der Waals surface area contributed by atoms with E-state index in [4.69, 9.17) is 31.0 Å². The molecule has 94 valence electrons. The second-order valence-corrected chi connectivity index (χ2v) is 4.41. The Labute approximate surface area is 85.7 Å². The number of rotatable bonds is 5. The SMILES string of the molecule is NCCN.O=P(O)(O)OCOP(=O)(O)O. The Morgan fingerprint density at radius 2 is 1.13 bits per heavy atom. The van der Waals surface area contributed by atoms with E-state index in [1.165, 1.54) is 0 Å². The smallest absolute Gasteiger partial charge is 0.329 e. The van der Waals surface area contributed by atoms with Crippen molar-refractivity contribution in [2.24, 2.45) is 11.5 Å². The lowest BCUT2D eigenvalue weighted by Gasteiger charge is -2.05. The maximum Gasteiger partial charge on any atom is 0.471 e. The van der Waals surface area contributed by atoms with Gasteiger partial charge in [-0.1, -0.05) is 0 Å². The van der Waals surface area contributed by atoms with E-state index in [1.54, 1.807) is 0 Å². The minimum atomic E-state index is -4.72. The van der Waals surface area contributed by atoms with Crippen molar-refractivity contribution in [3.8, 4) is 0 Å². The van der Waals surface area contributed by atoms with Crippen LogP contribution in [0.2, 0.25) is 0 Å². The van der Waals surface area contributed by atoms with E-state index in [-0.39, 0.29) is 0 Å². The van der Waals surface area contributed by atoms with Crippen LogP contribution in [-0.4, -0.2) is 39.5 Å². The normalized spacial score (nSPS) is 11.9. The van der Waals surface area contributed by atoms with Crippen LogP contribution in [0.5, 0.6) is 0 Å². The predicted molar refractivity (Wildman–Crippen MR) is 49.2 cm³/mol. The van der Waals surface area contributed by atoms with E-state index in [1.807, 2.05) is 0 Å². The summed E-state index contributed by atoms with van der Waals surface area (Å²) < 4.78 is 26.8. The average molecular weight is 268 g/mol. The average Bonchev–Trinajstić information content (AvgIpc) is 2.00. The first-order valence-electron chi connectivity index (χ1n) is 3.42. The molecule has 0 radical (unpaired) electrons. The van der Waals surface area contributed by atoms with Crippen molar-refractivity contribution >= 4 is 15.6 Å². The summed E-state index contributed by atoms with van der Waals surface area (Å²) >= 11 is 0. The quantitative estimate of drug-likeness (QED) is 0.242. The molecule has 0 aliphatic rings. The zero-order chi connectivity index (χ0) is 12.5. The highest BCUT2D eigenvalue weighted by molar-refractivity contribution is 7.47. The van der Waals surface area contributed by atoms with Gasteiger partial charge in [0.25, 0.3) is 0 Å². The van der Waals surface area contributed by atoms with Crippen molar-refractivity contribution in [1.82, 2.24) is 0 Å². The zero-order valence-electron chi connectivity index (χ0n) is 7.59. The minimum absolute atomic E-state index is 0.597. The summed E-state index contributed by atoms with van der Waals surface area (Å²) in [7, 11) is -9.44. The van der Waals surface area contributed by atoms with Gasteiger partial charge in [-0.3, -0.25) is 9.05 Å². The molecule has 0 spiro atoms. The summed E-state index contributed by atoms with van der Waals surface area (Å²) in [4.78, 5) is 31.9. The van der Waals surface area contributed by atoms with Crippen LogP contribution < -0.4 is 11.5 Å². The van der Waals surface area contributed by atoms with Gasteiger partial charge in [0.1, 0.15) is 0 Å². The summed E-state index contributed by atoms with van der Waals surface area (Å²) in [6.45, 7) is 0.0363. The molecule has 15 heavy (non-hydrogen) atoms. The molecule has 0 heterocycles. The van der Waals surface area contributed by atoms with Crippen LogP contribution in [0.3, 0.4) is 0 Å². The van der Waals surface area contributed by atoms with Crippen molar-refractivity contribution in [2.45, 2.75) is 0 Å². The number of hydrogen-bond acceptors (Lipinski definition) is 6. The van der Waals surface area contributed by atoms with Crippen molar-refractivity contribution in [3.05, 3.63) is 0 Å². The lowest BCUT2D eigenvalue weighted by Crippen LogP contribution is -2.11. The Hall–Kier alpha value is 0.140. The molecule has 12 heteroatoms. The maximum atomic E-state index is 9.86. The van der Waals surface area contributed by atoms with Gasteiger partial charge in [0.05, 0.1) is 0 Å². The second kappa shape index (κ2) is 8.31. The highest BCUT2D eigenvalue weighted by Crippen LogP contribution is 2.40. The molecule has 0 saturated heterocycles. The molecule has 10 nitrogen and oxygen atoms in total. The number of phosphoric acid groups is 2. The minimum Gasteiger partial charge on any atom is -0.329 e. The summed E-state index contributed by atoms with van der Waals surface area (Å²) in [5, 5.41) is 0. The molecule has 0 unspecified atom stereocenters. The monoisotopic (exact) mass is 268 g/mol. The van der Waals surface area contributed by atoms with E-state index in [9.17, 15) is 9.13 Å². The first-order chi connectivity index (χ1) is 6.62. The van der Waals surface area contributed by atoms with Crippen molar-refractivity contribution in [3.63, 3.8) is 0 Å². The molecule has 0 aromatic carbocycles. The van der Waals surface area contributed by atoms with Crippen LogP contribution in [-0.2, 0) is 18.2 Å². The Morgan fingerprint density at radius 1 is 0.867 bits per heavy atom. The summed E-state index contributed by atoms with van der Waals surface area (Å²) in [5.41, 5.74) is 9.81. The first kappa shape index (κ1) is 17.5. The van der Waals surface area contributed by atoms with Crippen LogP contribution in [0.1, 0.15) is 0 Å². The van der Waals surface area contributed by atoms with Gasteiger partial charge in [-0.05, 0) is 0 Å². The highest BCUT2D eigenvalue weighted by Gasteiger charge is 2.18. The summed E-state index contributed by atoms with van der Waals surface area (Å²) in [6.07, 6.45) is 0. The van der Waals surface area contributed by atoms with Crippen LogP contribution in [0.15, 0.2) is 0 Å². The third-order valence-corrected chi connectivity index (χ3v) is 1.49. The topological polar surface area (TPSA) is 186 Å². The Morgan fingerprint density at radius 3 is 1.27 bits per heavy atom. The van der Waals surface area contributed by atoms with Gasteiger partial charge in [-0.25, -0.2) is 9.13 Å². The van der Waals surface area contributed by atoms with Gasteiger partial charge in [0.2, 0.25) is 0 Å². The third kappa shape index (κ3) is 24.9. The number of hydrogen-bond donors (Lipinski definition) is 6. The Kier molecular flexibility index (Phi) is 9.71. The van der Waals surface area contributed by atoms with Crippen molar-refractivity contribution < 1.29 is 37.8 Å². The van der Waals surface area contributed by atoms with E-state index in [0.717, 1.165) is 0 Å². The molecule has 0 bridgehead atoms. The summed E-state index contributed by atoms with van der Waals surface area (Å²) in [6, 6.07) is 0. The van der Waals surface area contributed by atoms with Gasteiger partial charge in [-0.2, -0.15) is 0 Å². The molecule has 0 saturated carbocycles. The lowest BCUT2D eigenvalue weighted by atomic mass is 10.7. The molecule has 0 atom stereocenters. The first-order valence-corrected chi connectivity index (χ1v) is 6.48. The fourth-order valence-electron chi connectivity index (χ4n) is 0.161. The molecule has 8 N–H and O–H groups in total. The standard InChI is InChI=1S/C2H8N2.CH6O8P2/c3-1-2-4;2-10(3,4)8-1-9-11(5,6)7/h1-4H2;1H2,(H2,2,3,4)(H2,5,6,7).